The number of ketones is 1. The first kappa shape index (κ1) is 9.38. The van der Waals surface area contributed by atoms with Gasteiger partial charge in [0.25, 0.3) is 0 Å². The fourth-order valence-corrected chi connectivity index (χ4v) is 1.65. The normalized spacial score (nSPS) is 16.4. The second kappa shape index (κ2) is 3.52. The van der Waals surface area contributed by atoms with Crippen LogP contribution in [-0.2, 0) is 0 Å². The third-order valence-corrected chi connectivity index (χ3v) is 3.08. The molecule has 0 saturated heterocycles. The van der Waals surface area contributed by atoms with Crippen molar-refractivity contribution in [3.05, 3.63) is 29.1 Å². The topological polar surface area (TPSA) is 30.0 Å². The Morgan fingerprint density at radius 1 is 1.36 bits per heavy atom. The summed E-state index contributed by atoms with van der Waals surface area (Å²) in [6, 6.07) is 3.83. The molecular weight excluding hydrogens is 174 g/mol. The van der Waals surface area contributed by atoms with Crippen LogP contribution in [0.2, 0.25) is 0 Å². The van der Waals surface area contributed by atoms with Crippen molar-refractivity contribution in [3.8, 4) is 0 Å². The molecule has 0 atom stereocenters. The highest BCUT2D eigenvalue weighted by Gasteiger charge is 2.26. The van der Waals surface area contributed by atoms with E-state index in [1.54, 1.807) is 0 Å². The molecule has 1 saturated carbocycles. The Balaban J connectivity index is 2.23. The van der Waals surface area contributed by atoms with Gasteiger partial charge in [0.1, 0.15) is 5.69 Å². The van der Waals surface area contributed by atoms with Crippen LogP contribution in [0.25, 0.3) is 0 Å². The maximum atomic E-state index is 11.8. The maximum absolute atomic E-state index is 11.8. The number of carbonyl (C=O) groups is 1. The van der Waals surface area contributed by atoms with Gasteiger partial charge in [0.15, 0.2) is 5.78 Å². The van der Waals surface area contributed by atoms with E-state index in [0.29, 0.717) is 5.69 Å². The van der Waals surface area contributed by atoms with Crippen LogP contribution in [-0.4, -0.2) is 10.8 Å². The van der Waals surface area contributed by atoms with Gasteiger partial charge in [-0.25, -0.2) is 4.98 Å². The second-order valence-electron chi connectivity index (χ2n) is 4.09. The number of aromatic nitrogens is 1. The third kappa shape index (κ3) is 1.57. The van der Waals surface area contributed by atoms with E-state index in [9.17, 15) is 4.79 Å². The number of nitrogens with zero attached hydrogens (tertiary/aromatic N) is 1. The number of aryl methyl sites for hydroxylation is 2. The summed E-state index contributed by atoms with van der Waals surface area (Å²) in [5.74, 6) is 0.490. The molecule has 2 heteroatoms. The summed E-state index contributed by atoms with van der Waals surface area (Å²) >= 11 is 0. The zero-order chi connectivity index (χ0) is 10.1. The number of rotatable bonds is 2. The van der Waals surface area contributed by atoms with E-state index in [4.69, 9.17) is 0 Å². The van der Waals surface area contributed by atoms with Crippen molar-refractivity contribution in [3.63, 3.8) is 0 Å². The maximum Gasteiger partial charge on any atom is 0.184 e. The van der Waals surface area contributed by atoms with E-state index in [1.807, 2.05) is 26.0 Å². The zero-order valence-corrected chi connectivity index (χ0v) is 8.71. The van der Waals surface area contributed by atoms with E-state index < -0.39 is 0 Å². The van der Waals surface area contributed by atoms with Gasteiger partial charge in [0.05, 0.1) is 0 Å². The SMILES string of the molecule is Cc1ccc(C(=O)C2CCC2)nc1C. The van der Waals surface area contributed by atoms with Crippen molar-refractivity contribution in [2.45, 2.75) is 33.1 Å². The highest BCUT2D eigenvalue weighted by atomic mass is 16.1. The molecule has 1 fully saturated rings. The Morgan fingerprint density at radius 3 is 2.57 bits per heavy atom. The van der Waals surface area contributed by atoms with Crippen molar-refractivity contribution in [2.24, 2.45) is 5.92 Å². The van der Waals surface area contributed by atoms with Gasteiger partial charge in [-0.2, -0.15) is 0 Å². The predicted molar refractivity (Wildman–Crippen MR) is 55.4 cm³/mol. The van der Waals surface area contributed by atoms with Crippen LogP contribution < -0.4 is 0 Å². The van der Waals surface area contributed by atoms with Crippen LogP contribution in [0, 0.1) is 19.8 Å². The highest BCUT2D eigenvalue weighted by molar-refractivity contribution is 5.96. The lowest BCUT2D eigenvalue weighted by Gasteiger charge is -2.23. The van der Waals surface area contributed by atoms with Crippen LogP contribution in [0.4, 0.5) is 0 Å². The van der Waals surface area contributed by atoms with Gasteiger partial charge in [0, 0.05) is 11.6 Å². The predicted octanol–water partition coefficient (Wildman–Crippen LogP) is 2.68. The first-order valence-corrected chi connectivity index (χ1v) is 5.17. The average Bonchev–Trinajstić information content (AvgIpc) is 2.06. The lowest BCUT2D eigenvalue weighted by molar-refractivity contribution is 0.0849. The second-order valence-corrected chi connectivity index (χ2v) is 4.09. The highest BCUT2D eigenvalue weighted by Crippen LogP contribution is 2.29. The summed E-state index contributed by atoms with van der Waals surface area (Å²) in [5.41, 5.74) is 2.77. The average molecular weight is 189 g/mol. The van der Waals surface area contributed by atoms with Crippen molar-refractivity contribution >= 4 is 5.78 Å². The molecule has 0 aliphatic heterocycles. The number of carbonyl (C=O) groups excluding carboxylic acids is 1. The van der Waals surface area contributed by atoms with Gasteiger partial charge < -0.3 is 0 Å². The molecule has 1 aromatic rings. The van der Waals surface area contributed by atoms with E-state index in [1.165, 1.54) is 6.42 Å². The minimum atomic E-state index is 0.236. The fourth-order valence-electron chi connectivity index (χ4n) is 1.65. The lowest BCUT2D eigenvalue weighted by atomic mass is 9.81. The molecule has 0 amide bonds. The number of pyridine rings is 1. The van der Waals surface area contributed by atoms with Crippen molar-refractivity contribution in [1.29, 1.82) is 0 Å². The molecule has 0 bridgehead atoms. The molecule has 1 aromatic heterocycles. The Labute approximate surface area is 84.4 Å². The molecule has 1 aliphatic rings. The minimum Gasteiger partial charge on any atom is -0.292 e. The third-order valence-electron chi connectivity index (χ3n) is 3.08. The molecule has 1 aliphatic carbocycles. The monoisotopic (exact) mass is 189 g/mol. The van der Waals surface area contributed by atoms with Gasteiger partial charge in [0.2, 0.25) is 0 Å². The molecule has 74 valence electrons. The molecule has 0 radical (unpaired) electrons. The van der Waals surface area contributed by atoms with Crippen LogP contribution in [0.1, 0.15) is 41.0 Å². The molecule has 0 N–H and O–H groups in total. The molecular formula is C12H15NO. The Hall–Kier alpha value is -1.18. The van der Waals surface area contributed by atoms with E-state index in [0.717, 1.165) is 24.1 Å². The summed E-state index contributed by atoms with van der Waals surface area (Å²) in [6.45, 7) is 3.97. The number of hydrogen-bond acceptors (Lipinski definition) is 2. The quantitative estimate of drug-likeness (QED) is 0.669. The fraction of sp³-hybridized carbons (Fsp3) is 0.500. The summed E-state index contributed by atoms with van der Waals surface area (Å²) < 4.78 is 0. The van der Waals surface area contributed by atoms with Crippen LogP contribution in [0.5, 0.6) is 0 Å². The molecule has 0 unspecified atom stereocenters. The Bertz CT molecular complexity index is 367. The van der Waals surface area contributed by atoms with Gasteiger partial charge in [-0.05, 0) is 38.3 Å². The van der Waals surface area contributed by atoms with Crippen LogP contribution in [0.3, 0.4) is 0 Å². The lowest BCUT2D eigenvalue weighted by Crippen LogP contribution is -2.23. The molecule has 2 nitrogen and oxygen atoms in total. The summed E-state index contributed by atoms with van der Waals surface area (Å²) in [6.07, 6.45) is 3.29. The van der Waals surface area contributed by atoms with Crippen molar-refractivity contribution < 1.29 is 4.79 Å². The standard InChI is InChI=1S/C12H15NO/c1-8-6-7-11(13-9(8)2)12(14)10-4-3-5-10/h6-7,10H,3-5H2,1-2H3. The van der Waals surface area contributed by atoms with Crippen LogP contribution in [0.15, 0.2) is 12.1 Å². The minimum absolute atomic E-state index is 0.236. The molecule has 0 aromatic carbocycles. The molecule has 14 heavy (non-hydrogen) atoms. The van der Waals surface area contributed by atoms with E-state index in [2.05, 4.69) is 4.98 Å². The zero-order valence-electron chi connectivity index (χ0n) is 8.71. The van der Waals surface area contributed by atoms with Crippen molar-refractivity contribution in [1.82, 2.24) is 4.98 Å². The Morgan fingerprint density at radius 2 is 2.07 bits per heavy atom. The largest absolute Gasteiger partial charge is 0.292 e. The summed E-state index contributed by atoms with van der Waals surface area (Å²) in [4.78, 5) is 16.2. The summed E-state index contributed by atoms with van der Waals surface area (Å²) in [5, 5.41) is 0. The number of hydrogen-bond donors (Lipinski definition) is 0. The smallest absolute Gasteiger partial charge is 0.184 e. The van der Waals surface area contributed by atoms with E-state index >= 15 is 0 Å². The van der Waals surface area contributed by atoms with Gasteiger partial charge in [-0.1, -0.05) is 12.5 Å². The Kier molecular flexibility index (Phi) is 2.36. The van der Waals surface area contributed by atoms with Gasteiger partial charge in [-0.3, -0.25) is 4.79 Å². The first-order valence-electron chi connectivity index (χ1n) is 5.17. The van der Waals surface area contributed by atoms with Gasteiger partial charge >= 0.3 is 0 Å². The number of Topliss-reactive ketones (excluding diaryl/α,β-unsaturated/α-hetero) is 1. The molecule has 0 spiro atoms. The first-order chi connectivity index (χ1) is 6.68. The molecule has 2 rings (SSSR count). The van der Waals surface area contributed by atoms with E-state index in [-0.39, 0.29) is 11.7 Å². The van der Waals surface area contributed by atoms with Gasteiger partial charge in [-0.15, -0.1) is 0 Å². The molecule has 1 heterocycles. The van der Waals surface area contributed by atoms with Crippen molar-refractivity contribution in [2.75, 3.05) is 0 Å². The van der Waals surface area contributed by atoms with Crippen LogP contribution >= 0.6 is 0 Å². The summed E-state index contributed by atoms with van der Waals surface area (Å²) in [7, 11) is 0.